The van der Waals surface area contributed by atoms with Crippen LogP contribution in [-0.4, -0.2) is 50.8 Å². The van der Waals surface area contributed by atoms with Gasteiger partial charge in [0.2, 0.25) is 5.91 Å². The molecule has 4 rings (SSSR count). The summed E-state index contributed by atoms with van der Waals surface area (Å²) in [6, 6.07) is 3.81. The molecule has 25 heavy (non-hydrogen) atoms. The van der Waals surface area contributed by atoms with E-state index in [-0.39, 0.29) is 5.91 Å². The first-order valence-corrected chi connectivity index (χ1v) is 8.27. The van der Waals surface area contributed by atoms with Crippen LogP contribution < -0.4 is 0 Å². The minimum atomic E-state index is -2.76. The summed E-state index contributed by atoms with van der Waals surface area (Å²) in [6.45, 7) is 2.53. The fraction of sp³-hybridized carbons (Fsp3) is 0.529. The molecule has 0 radical (unpaired) electrons. The van der Waals surface area contributed by atoms with Crippen molar-refractivity contribution >= 4 is 5.91 Å². The van der Waals surface area contributed by atoms with Crippen molar-refractivity contribution in [2.24, 2.45) is 7.05 Å². The Labute approximate surface area is 144 Å². The van der Waals surface area contributed by atoms with Gasteiger partial charge in [0.05, 0.1) is 43.3 Å². The third-order valence-electron chi connectivity index (χ3n) is 4.84. The molecule has 2 aliphatic heterocycles. The second-order valence-corrected chi connectivity index (χ2v) is 6.97. The molecule has 0 bridgehead atoms. The molecule has 2 aromatic heterocycles. The zero-order chi connectivity index (χ0) is 17.8. The number of hydrogen-bond donors (Lipinski definition) is 0. The lowest BCUT2D eigenvalue weighted by Gasteiger charge is -2.42. The van der Waals surface area contributed by atoms with E-state index in [4.69, 9.17) is 4.42 Å². The van der Waals surface area contributed by atoms with Crippen LogP contribution in [0.15, 0.2) is 22.9 Å². The number of likely N-dealkylation sites (tertiary alicyclic amines) is 1. The van der Waals surface area contributed by atoms with Gasteiger partial charge >= 0.3 is 0 Å². The van der Waals surface area contributed by atoms with Crippen molar-refractivity contribution in [3.05, 3.63) is 41.4 Å². The first kappa shape index (κ1) is 16.3. The molecule has 1 fully saturated rings. The smallest absolute Gasteiger partial charge is 0.282 e. The Kier molecular flexibility index (Phi) is 3.68. The van der Waals surface area contributed by atoms with Gasteiger partial charge in [0.1, 0.15) is 11.5 Å². The number of hydrogen-bond acceptors (Lipinski definition) is 4. The number of alkyl halides is 2. The normalized spacial score (nSPS) is 22.6. The molecule has 134 valence electrons. The van der Waals surface area contributed by atoms with Crippen molar-refractivity contribution in [2.75, 3.05) is 19.6 Å². The maximum atomic E-state index is 13.2. The van der Waals surface area contributed by atoms with E-state index in [2.05, 4.69) is 9.88 Å². The fourth-order valence-corrected chi connectivity index (χ4v) is 3.67. The van der Waals surface area contributed by atoms with E-state index in [0.717, 1.165) is 22.9 Å². The number of aromatic nitrogens is 2. The summed E-state index contributed by atoms with van der Waals surface area (Å²) >= 11 is 0. The number of nitrogens with zero attached hydrogens (tertiary/aromatic N) is 4. The highest BCUT2D eigenvalue weighted by Gasteiger charge is 2.49. The Morgan fingerprint density at radius 3 is 2.80 bits per heavy atom. The molecular formula is C17H20F2N4O2. The molecule has 0 aromatic carbocycles. The lowest BCUT2D eigenvalue weighted by Crippen LogP contribution is -2.60. The first-order chi connectivity index (χ1) is 11.8. The Hall–Kier alpha value is -2.22. The molecule has 1 amide bonds. The third kappa shape index (κ3) is 2.95. The molecule has 8 heteroatoms. The van der Waals surface area contributed by atoms with Crippen LogP contribution in [0.3, 0.4) is 0 Å². The minimum absolute atomic E-state index is 0.254. The molecule has 6 nitrogen and oxygen atoms in total. The van der Waals surface area contributed by atoms with Crippen molar-refractivity contribution in [3.8, 4) is 0 Å². The van der Waals surface area contributed by atoms with E-state index in [1.54, 1.807) is 6.33 Å². The molecule has 4 heterocycles. The van der Waals surface area contributed by atoms with Crippen molar-refractivity contribution in [1.82, 2.24) is 19.4 Å². The topological polar surface area (TPSA) is 54.5 Å². The zero-order valence-corrected chi connectivity index (χ0v) is 14.2. The van der Waals surface area contributed by atoms with Crippen LogP contribution in [0.5, 0.6) is 0 Å². The van der Waals surface area contributed by atoms with Crippen LogP contribution in [-0.2, 0) is 24.9 Å². The molecule has 0 aliphatic carbocycles. The predicted octanol–water partition coefficient (Wildman–Crippen LogP) is 1.90. The average molecular weight is 350 g/mol. The summed E-state index contributed by atoms with van der Waals surface area (Å²) < 4.78 is 33.8. The number of furan rings is 1. The maximum Gasteiger partial charge on any atom is 0.282 e. The van der Waals surface area contributed by atoms with Crippen molar-refractivity contribution < 1.29 is 18.0 Å². The second-order valence-electron chi connectivity index (χ2n) is 6.97. The van der Waals surface area contributed by atoms with Gasteiger partial charge in [-0.05, 0) is 19.1 Å². The highest BCUT2D eigenvalue weighted by Crippen LogP contribution is 2.34. The molecule has 0 saturated carbocycles. The average Bonchev–Trinajstić information content (AvgIpc) is 3.10. The largest absolute Gasteiger partial charge is 0.465 e. The Morgan fingerprint density at radius 2 is 2.16 bits per heavy atom. The van der Waals surface area contributed by atoms with Crippen LogP contribution in [0, 0.1) is 6.92 Å². The first-order valence-electron chi connectivity index (χ1n) is 8.27. The van der Waals surface area contributed by atoms with Gasteiger partial charge < -0.3 is 13.9 Å². The highest BCUT2D eigenvalue weighted by molar-refractivity contribution is 5.85. The summed E-state index contributed by atoms with van der Waals surface area (Å²) in [6.07, 6.45) is 1.68. The predicted molar refractivity (Wildman–Crippen MR) is 85.0 cm³/mol. The minimum Gasteiger partial charge on any atom is -0.465 e. The number of carbonyl (C=O) groups excluding carboxylic acids is 1. The van der Waals surface area contributed by atoms with Gasteiger partial charge in [-0.3, -0.25) is 9.69 Å². The summed E-state index contributed by atoms with van der Waals surface area (Å²) in [5.74, 6) is -1.84. The van der Waals surface area contributed by atoms with E-state index in [0.29, 0.717) is 19.6 Å². The van der Waals surface area contributed by atoms with E-state index in [9.17, 15) is 13.6 Å². The van der Waals surface area contributed by atoms with E-state index in [1.165, 1.54) is 4.90 Å². The van der Waals surface area contributed by atoms with Gasteiger partial charge in [-0.2, -0.15) is 0 Å². The van der Waals surface area contributed by atoms with E-state index < -0.39 is 24.9 Å². The molecule has 0 spiro atoms. The number of imidazole rings is 1. The van der Waals surface area contributed by atoms with Crippen molar-refractivity contribution in [1.29, 1.82) is 0 Å². The Morgan fingerprint density at radius 1 is 1.40 bits per heavy atom. The van der Waals surface area contributed by atoms with E-state index in [1.807, 2.05) is 30.7 Å². The van der Waals surface area contributed by atoms with Gasteiger partial charge in [0, 0.05) is 20.1 Å². The van der Waals surface area contributed by atoms with Gasteiger partial charge in [-0.15, -0.1) is 0 Å². The second kappa shape index (κ2) is 5.66. The fourth-order valence-electron chi connectivity index (χ4n) is 3.67. The lowest BCUT2D eigenvalue weighted by atomic mass is 9.94. The molecule has 2 aliphatic rings. The molecule has 2 aromatic rings. The van der Waals surface area contributed by atoms with Crippen molar-refractivity contribution in [3.63, 3.8) is 0 Å². The van der Waals surface area contributed by atoms with Gasteiger partial charge in [0.25, 0.3) is 5.92 Å². The summed E-state index contributed by atoms with van der Waals surface area (Å²) in [5.41, 5.74) is 1.65. The molecule has 1 saturated heterocycles. The quantitative estimate of drug-likeness (QED) is 0.848. The molecular weight excluding hydrogens is 330 g/mol. The maximum absolute atomic E-state index is 13.2. The van der Waals surface area contributed by atoms with Crippen LogP contribution >= 0.6 is 0 Å². The zero-order valence-electron chi connectivity index (χ0n) is 14.2. The third-order valence-corrected chi connectivity index (χ3v) is 4.84. The molecule has 0 unspecified atom stereocenters. The number of halogens is 2. The van der Waals surface area contributed by atoms with Crippen LogP contribution in [0.1, 0.15) is 28.8 Å². The van der Waals surface area contributed by atoms with Gasteiger partial charge in [0.15, 0.2) is 0 Å². The van der Waals surface area contributed by atoms with Crippen LogP contribution in [0.25, 0.3) is 0 Å². The van der Waals surface area contributed by atoms with Crippen LogP contribution in [0.2, 0.25) is 0 Å². The number of fused-ring (bicyclic) bond motifs is 1. The number of rotatable bonds is 3. The van der Waals surface area contributed by atoms with Gasteiger partial charge in [-0.1, -0.05) is 0 Å². The molecule has 0 N–H and O–H groups in total. The number of carbonyl (C=O) groups is 1. The van der Waals surface area contributed by atoms with E-state index >= 15 is 0 Å². The number of amides is 1. The molecule has 1 atom stereocenters. The monoisotopic (exact) mass is 350 g/mol. The summed E-state index contributed by atoms with van der Waals surface area (Å²) in [5, 5.41) is 0. The summed E-state index contributed by atoms with van der Waals surface area (Å²) in [4.78, 5) is 20.5. The Balaban J connectivity index is 1.56. The standard InChI is InChI=1S/C17H20F2N4O2/c1-11-3-4-12(25-11)5-22-6-13(15-14(7-22)20-10-21(15)2)16(24)23-8-17(18,19)9-23/h3-4,10,13H,5-9H2,1-2H3/t13-/m0/s1. The number of aryl methyl sites for hydroxylation is 2. The SMILES string of the molecule is Cc1ccc(CN2Cc3ncn(C)c3[C@@H](C(=O)N3CC(F)(F)C3)C2)o1. The lowest BCUT2D eigenvalue weighted by molar-refractivity contribution is -0.168. The van der Waals surface area contributed by atoms with Gasteiger partial charge in [-0.25, -0.2) is 13.8 Å². The van der Waals surface area contributed by atoms with Crippen molar-refractivity contribution in [2.45, 2.75) is 31.9 Å². The summed E-state index contributed by atoms with van der Waals surface area (Å²) in [7, 11) is 1.84. The Bertz CT molecular complexity index is 805. The highest BCUT2D eigenvalue weighted by atomic mass is 19.3. The van der Waals surface area contributed by atoms with Crippen LogP contribution in [0.4, 0.5) is 8.78 Å².